The minimum absolute atomic E-state index is 0.0678. The molecule has 0 spiro atoms. The molecule has 0 amide bonds. The minimum Gasteiger partial charge on any atom is -0.496 e. The summed E-state index contributed by atoms with van der Waals surface area (Å²) in [5.41, 5.74) is 0.969. The highest BCUT2D eigenvalue weighted by Crippen LogP contribution is 2.38. The van der Waals surface area contributed by atoms with Gasteiger partial charge in [-0.1, -0.05) is 18.2 Å². The molecule has 3 heteroatoms. The standard InChI is InChI=1S/C17H27NO2/c1-12(13-9-7-8-10-14(13)19-6)18-15-11-16(2,3)20-17(15,4)5/h7-10,12,15,18H,11H2,1-6H3/t12-,15?/m1/s1. The monoisotopic (exact) mass is 277 g/mol. The van der Waals surface area contributed by atoms with Gasteiger partial charge in [-0.05, 0) is 47.1 Å². The molecule has 0 aromatic heterocycles. The van der Waals surface area contributed by atoms with Crippen LogP contribution in [-0.2, 0) is 4.74 Å². The number of para-hydroxylation sites is 1. The lowest BCUT2D eigenvalue weighted by molar-refractivity contribution is -0.0704. The van der Waals surface area contributed by atoms with Crippen LogP contribution in [0, 0.1) is 0 Å². The molecular formula is C17H27NO2. The topological polar surface area (TPSA) is 30.5 Å². The van der Waals surface area contributed by atoms with Crippen molar-refractivity contribution in [3.8, 4) is 5.75 Å². The molecule has 2 atom stereocenters. The van der Waals surface area contributed by atoms with E-state index in [2.05, 4.69) is 52.1 Å². The molecule has 1 N–H and O–H groups in total. The molecule has 20 heavy (non-hydrogen) atoms. The second-order valence-corrected chi connectivity index (χ2v) is 6.85. The Balaban J connectivity index is 2.14. The quantitative estimate of drug-likeness (QED) is 0.910. The van der Waals surface area contributed by atoms with E-state index < -0.39 is 0 Å². The highest BCUT2D eigenvalue weighted by Gasteiger charge is 2.46. The van der Waals surface area contributed by atoms with Crippen molar-refractivity contribution in [2.24, 2.45) is 0 Å². The second-order valence-electron chi connectivity index (χ2n) is 6.85. The summed E-state index contributed by atoms with van der Waals surface area (Å²) in [5.74, 6) is 0.934. The summed E-state index contributed by atoms with van der Waals surface area (Å²) in [4.78, 5) is 0. The summed E-state index contributed by atoms with van der Waals surface area (Å²) < 4.78 is 11.6. The highest BCUT2D eigenvalue weighted by atomic mass is 16.5. The normalized spacial score (nSPS) is 25.4. The maximum atomic E-state index is 6.15. The largest absolute Gasteiger partial charge is 0.496 e. The maximum absolute atomic E-state index is 6.15. The first kappa shape index (κ1) is 15.3. The van der Waals surface area contributed by atoms with E-state index in [0.29, 0.717) is 6.04 Å². The summed E-state index contributed by atoms with van der Waals surface area (Å²) in [7, 11) is 1.72. The summed E-state index contributed by atoms with van der Waals surface area (Å²) in [6, 6.07) is 8.74. The predicted molar refractivity (Wildman–Crippen MR) is 82.2 cm³/mol. The van der Waals surface area contributed by atoms with Crippen molar-refractivity contribution >= 4 is 0 Å². The molecule has 1 saturated heterocycles. The predicted octanol–water partition coefficient (Wildman–Crippen LogP) is 3.69. The number of rotatable bonds is 4. The highest BCUT2D eigenvalue weighted by molar-refractivity contribution is 5.35. The first-order chi connectivity index (χ1) is 9.25. The summed E-state index contributed by atoms with van der Waals surface area (Å²) in [6.45, 7) is 10.8. The molecule has 1 aliphatic rings. The smallest absolute Gasteiger partial charge is 0.123 e. The van der Waals surface area contributed by atoms with Crippen molar-refractivity contribution in [1.82, 2.24) is 5.32 Å². The molecule has 1 aromatic carbocycles. The Morgan fingerprint density at radius 3 is 2.45 bits per heavy atom. The molecule has 0 bridgehead atoms. The molecule has 0 saturated carbocycles. The Kier molecular flexibility index (Phi) is 4.12. The zero-order valence-corrected chi connectivity index (χ0v) is 13.5. The number of ether oxygens (including phenoxy) is 2. The molecule has 1 fully saturated rings. The summed E-state index contributed by atoms with van der Waals surface area (Å²) >= 11 is 0. The van der Waals surface area contributed by atoms with E-state index in [1.54, 1.807) is 7.11 Å². The Hall–Kier alpha value is -1.06. The van der Waals surface area contributed by atoms with Gasteiger partial charge in [0.2, 0.25) is 0 Å². The summed E-state index contributed by atoms with van der Waals surface area (Å²) in [6.07, 6.45) is 1.01. The fourth-order valence-electron chi connectivity index (χ4n) is 3.24. The molecule has 0 radical (unpaired) electrons. The van der Waals surface area contributed by atoms with Gasteiger partial charge in [0, 0.05) is 17.6 Å². The van der Waals surface area contributed by atoms with E-state index in [1.165, 1.54) is 5.56 Å². The zero-order valence-electron chi connectivity index (χ0n) is 13.5. The van der Waals surface area contributed by atoms with Crippen LogP contribution in [0.5, 0.6) is 5.75 Å². The Labute approximate surface area is 122 Å². The van der Waals surface area contributed by atoms with Gasteiger partial charge in [0.25, 0.3) is 0 Å². The first-order valence-corrected chi connectivity index (χ1v) is 7.34. The van der Waals surface area contributed by atoms with Crippen LogP contribution < -0.4 is 10.1 Å². The average molecular weight is 277 g/mol. The van der Waals surface area contributed by atoms with Gasteiger partial charge in [0.15, 0.2) is 0 Å². The molecule has 1 unspecified atom stereocenters. The zero-order chi connectivity index (χ0) is 15.0. The third-order valence-corrected chi connectivity index (χ3v) is 4.13. The third kappa shape index (κ3) is 3.15. The lowest BCUT2D eigenvalue weighted by Crippen LogP contribution is -2.44. The van der Waals surface area contributed by atoms with Crippen LogP contribution in [0.15, 0.2) is 24.3 Å². The van der Waals surface area contributed by atoms with Gasteiger partial charge in [-0.3, -0.25) is 0 Å². The lowest BCUT2D eigenvalue weighted by atomic mass is 9.93. The van der Waals surface area contributed by atoms with Crippen LogP contribution in [0.3, 0.4) is 0 Å². The molecule has 3 nitrogen and oxygen atoms in total. The van der Waals surface area contributed by atoms with Crippen molar-refractivity contribution in [1.29, 1.82) is 0 Å². The van der Waals surface area contributed by atoms with Crippen LogP contribution in [0.4, 0.5) is 0 Å². The Morgan fingerprint density at radius 1 is 1.25 bits per heavy atom. The van der Waals surface area contributed by atoms with Crippen molar-refractivity contribution < 1.29 is 9.47 Å². The van der Waals surface area contributed by atoms with E-state index in [9.17, 15) is 0 Å². The van der Waals surface area contributed by atoms with Gasteiger partial charge >= 0.3 is 0 Å². The van der Waals surface area contributed by atoms with Gasteiger partial charge in [-0.15, -0.1) is 0 Å². The molecular weight excluding hydrogens is 250 g/mol. The molecule has 1 heterocycles. The van der Waals surface area contributed by atoms with Crippen LogP contribution in [0.2, 0.25) is 0 Å². The first-order valence-electron chi connectivity index (χ1n) is 7.34. The molecule has 2 rings (SSSR count). The van der Waals surface area contributed by atoms with E-state index >= 15 is 0 Å². The van der Waals surface area contributed by atoms with Crippen molar-refractivity contribution in [2.45, 2.75) is 64.3 Å². The van der Waals surface area contributed by atoms with Crippen LogP contribution in [-0.4, -0.2) is 24.4 Å². The van der Waals surface area contributed by atoms with Gasteiger partial charge in [0.05, 0.1) is 18.3 Å². The SMILES string of the molecule is COc1ccccc1[C@@H](C)NC1CC(C)(C)OC1(C)C. The maximum Gasteiger partial charge on any atom is 0.123 e. The fraction of sp³-hybridized carbons (Fsp3) is 0.647. The van der Waals surface area contributed by atoms with Crippen LogP contribution in [0.25, 0.3) is 0 Å². The Bertz CT molecular complexity index is 468. The van der Waals surface area contributed by atoms with Gasteiger partial charge < -0.3 is 14.8 Å². The fourth-order valence-corrected chi connectivity index (χ4v) is 3.24. The number of nitrogens with one attached hydrogen (secondary N) is 1. The average Bonchev–Trinajstić information content (AvgIpc) is 2.56. The van der Waals surface area contributed by atoms with Crippen LogP contribution in [0.1, 0.15) is 52.6 Å². The minimum atomic E-state index is -0.153. The second kappa shape index (κ2) is 5.38. The van der Waals surface area contributed by atoms with E-state index in [4.69, 9.17) is 9.47 Å². The van der Waals surface area contributed by atoms with Gasteiger partial charge in [0.1, 0.15) is 5.75 Å². The van der Waals surface area contributed by atoms with Crippen molar-refractivity contribution in [3.63, 3.8) is 0 Å². The number of methoxy groups -OCH3 is 1. The van der Waals surface area contributed by atoms with Gasteiger partial charge in [-0.2, -0.15) is 0 Å². The summed E-state index contributed by atoms with van der Waals surface area (Å²) in [5, 5.41) is 3.71. The number of hydrogen-bond donors (Lipinski definition) is 1. The Morgan fingerprint density at radius 2 is 1.90 bits per heavy atom. The van der Waals surface area contributed by atoms with E-state index in [1.807, 2.05) is 12.1 Å². The molecule has 1 aliphatic heterocycles. The number of benzene rings is 1. The van der Waals surface area contributed by atoms with Crippen LogP contribution >= 0.6 is 0 Å². The third-order valence-electron chi connectivity index (χ3n) is 4.13. The van der Waals surface area contributed by atoms with Crippen molar-refractivity contribution in [3.05, 3.63) is 29.8 Å². The van der Waals surface area contributed by atoms with E-state index in [0.717, 1.165) is 12.2 Å². The van der Waals surface area contributed by atoms with E-state index in [-0.39, 0.29) is 17.2 Å². The molecule has 1 aromatic rings. The van der Waals surface area contributed by atoms with Gasteiger partial charge in [-0.25, -0.2) is 0 Å². The van der Waals surface area contributed by atoms with Crippen molar-refractivity contribution in [2.75, 3.05) is 7.11 Å². The molecule has 112 valence electrons. The lowest BCUT2D eigenvalue weighted by Gasteiger charge is -2.30. The molecule has 0 aliphatic carbocycles. The number of hydrogen-bond acceptors (Lipinski definition) is 3.